The number of rotatable bonds is 45. The SMILES string of the molecule is CCCCCC/C=C\CCCCCCCCCC(=O)O[C@H](COC(=O)CCCCCCCCCCCCCCCCCCCCC)COP(=O)(O)OC[C@H](N)C(=O)O. The van der Waals surface area contributed by atoms with Crippen molar-refractivity contribution in [1.29, 1.82) is 0 Å². The standard InChI is InChI=1S/C46H88NO10P/c1-3-5-7-9-11-13-15-17-19-20-21-22-24-25-27-29-31-33-35-37-44(48)54-39-42(40-55-58(52,53)56-41-43(47)46(50)51)57-45(49)38-36-34-32-30-28-26-23-18-16-14-12-10-8-6-4-2/h14,16,42-43H,3-13,15,17-41,47H2,1-2H3,(H,50,51)(H,52,53)/b16-14-/t42-,43+/m1/s1. The molecule has 0 aromatic rings. The number of phosphoric ester groups is 1. The van der Waals surface area contributed by atoms with E-state index in [0.29, 0.717) is 12.8 Å². The van der Waals surface area contributed by atoms with Crippen LogP contribution in [0.2, 0.25) is 0 Å². The van der Waals surface area contributed by atoms with E-state index in [1.165, 1.54) is 148 Å². The van der Waals surface area contributed by atoms with Crippen molar-refractivity contribution in [3.05, 3.63) is 12.2 Å². The minimum Gasteiger partial charge on any atom is -0.480 e. The fraction of sp³-hybridized carbons (Fsp3) is 0.891. The van der Waals surface area contributed by atoms with Gasteiger partial charge in [-0.2, -0.15) is 0 Å². The highest BCUT2D eigenvalue weighted by molar-refractivity contribution is 7.47. The maximum absolute atomic E-state index is 12.6. The van der Waals surface area contributed by atoms with Crippen molar-refractivity contribution in [2.24, 2.45) is 5.73 Å². The molecule has 1 unspecified atom stereocenters. The Labute approximate surface area is 354 Å². The minimum absolute atomic E-state index is 0.160. The van der Waals surface area contributed by atoms with E-state index in [9.17, 15) is 23.8 Å². The lowest BCUT2D eigenvalue weighted by Gasteiger charge is -2.20. The van der Waals surface area contributed by atoms with E-state index in [1.54, 1.807) is 0 Å². The number of carbonyl (C=O) groups is 3. The molecule has 11 nitrogen and oxygen atoms in total. The number of carboxylic acids is 1. The van der Waals surface area contributed by atoms with Crippen LogP contribution in [0.5, 0.6) is 0 Å². The molecule has 0 heterocycles. The average molecular weight is 846 g/mol. The Kier molecular flexibility index (Phi) is 40.6. The number of nitrogens with two attached hydrogens (primary N) is 1. The Morgan fingerprint density at radius 1 is 0.517 bits per heavy atom. The van der Waals surface area contributed by atoms with Gasteiger partial charge in [0.15, 0.2) is 6.10 Å². The molecule has 0 amide bonds. The van der Waals surface area contributed by atoms with Crippen molar-refractivity contribution in [3.63, 3.8) is 0 Å². The number of hydrogen-bond donors (Lipinski definition) is 3. The van der Waals surface area contributed by atoms with Gasteiger partial charge in [0.1, 0.15) is 12.6 Å². The fourth-order valence-electron chi connectivity index (χ4n) is 6.77. The van der Waals surface area contributed by atoms with E-state index < -0.39 is 51.1 Å². The zero-order chi connectivity index (χ0) is 42.8. The number of carbonyl (C=O) groups excluding carboxylic acids is 2. The van der Waals surface area contributed by atoms with Crippen LogP contribution in [0.25, 0.3) is 0 Å². The van der Waals surface area contributed by atoms with Crippen LogP contribution in [-0.4, -0.2) is 59.9 Å². The third-order valence-corrected chi connectivity index (χ3v) is 11.5. The Bertz CT molecular complexity index is 1040. The van der Waals surface area contributed by atoms with Crippen molar-refractivity contribution >= 4 is 25.7 Å². The van der Waals surface area contributed by atoms with Crippen LogP contribution in [-0.2, 0) is 37.5 Å². The number of allylic oxidation sites excluding steroid dienone is 2. The molecule has 58 heavy (non-hydrogen) atoms. The summed E-state index contributed by atoms with van der Waals surface area (Å²) in [6, 6.07) is -1.52. The lowest BCUT2D eigenvalue weighted by atomic mass is 10.0. The molecule has 0 aromatic heterocycles. The molecule has 0 rings (SSSR count). The summed E-state index contributed by atoms with van der Waals surface area (Å²) in [5.41, 5.74) is 5.34. The van der Waals surface area contributed by atoms with Crippen LogP contribution in [0, 0.1) is 0 Å². The number of ether oxygens (including phenoxy) is 2. The molecular weight excluding hydrogens is 757 g/mol. The fourth-order valence-corrected chi connectivity index (χ4v) is 7.55. The van der Waals surface area contributed by atoms with Gasteiger partial charge in [-0.05, 0) is 38.5 Å². The van der Waals surface area contributed by atoms with E-state index in [1.807, 2.05) is 0 Å². The second-order valence-electron chi connectivity index (χ2n) is 16.2. The van der Waals surface area contributed by atoms with Crippen LogP contribution in [0.3, 0.4) is 0 Å². The highest BCUT2D eigenvalue weighted by Crippen LogP contribution is 2.43. The first kappa shape index (κ1) is 56.2. The van der Waals surface area contributed by atoms with Crippen molar-refractivity contribution in [1.82, 2.24) is 0 Å². The first-order chi connectivity index (χ1) is 28.1. The van der Waals surface area contributed by atoms with E-state index >= 15 is 0 Å². The number of hydrogen-bond acceptors (Lipinski definition) is 9. The van der Waals surface area contributed by atoms with Gasteiger partial charge in [0.05, 0.1) is 13.2 Å². The van der Waals surface area contributed by atoms with Gasteiger partial charge >= 0.3 is 25.7 Å². The number of carboxylic acid groups (broad SMARTS) is 1. The van der Waals surface area contributed by atoms with Gasteiger partial charge in [0.2, 0.25) is 0 Å². The molecule has 0 aliphatic carbocycles. The Morgan fingerprint density at radius 2 is 0.862 bits per heavy atom. The minimum atomic E-state index is -4.71. The van der Waals surface area contributed by atoms with Gasteiger partial charge in [0, 0.05) is 12.8 Å². The summed E-state index contributed by atoms with van der Waals surface area (Å²) in [6.07, 6.45) is 42.7. The van der Waals surface area contributed by atoms with Crippen molar-refractivity contribution < 1.29 is 47.5 Å². The van der Waals surface area contributed by atoms with Crippen molar-refractivity contribution in [2.45, 2.75) is 244 Å². The number of unbranched alkanes of at least 4 members (excludes halogenated alkanes) is 29. The molecule has 4 N–H and O–H groups in total. The molecule has 0 spiro atoms. The summed E-state index contributed by atoms with van der Waals surface area (Å²) in [5.74, 6) is -2.37. The quantitative estimate of drug-likeness (QED) is 0.0230. The summed E-state index contributed by atoms with van der Waals surface area (Å²) < 4.78 is 32.8. The van der Waals surface area contributed by atoms with Crippen LogP contribution in [0.4, 0.5) is 0 Å². The van der Waals surface area contributed by atoms with E-state index in [0.717, 1.165) is 44.9 Å². The van der Waals surface area contributed by atoms with Crippen LogP contribution in [0.15, 0.2) is 12.2 Å². The molecule has 0 radical (unpaired) electrons. The summed E-state index contributed by atoms with van der Waals surface area (Å²) >= 11 is 0. The van der Waals surface area contributed by atoms with Crippen LogP contribution in [0.1, 0.15) is 232 Å². The van der Waals surface area contributed by atoms with Gasteiger partial charge in [0.25, 0.3) is 0 Å². The summed E-state index contributed by atoms with van der Waals surface area (Å²) in [7, 11) is -4.71. The molecule has 0 saturated heterocycles. The average Bonchev–Trinajstić information content (AvgIpc) is 3.20. The molecular formula is C46H88NO10P. The molecule has 12 heteroatoms. The molecule has 0 aliphatic heterocycles. The van der Waals surface area contributed by atoms with Crippen LogP contribution >= 0.6 is 7.82 Å². The van der Waals surface area contributed by atoms with Crippen LogP contribution < -0.4 is 5.73 Å². The van der Waals surface area contributed by atoms with Gasteiger partial charge in [-0.3, -0.25) is 23.4 Å². The smallest absolute Gasteiger partial charge is 0.472 e. The predicted molar refractivity (Wildman–Crippen MR) is 236 cm³/mol. The Morgan fingerprint density at radius 3 is 1.28 bits per heavy atom. The van der Waals surface area contributed by atoms with Crippen molar-refractivity contribution in [3.8, 4) is 0 Å². The normalized spacial score (nSPS) is 13.7. The number of aliphatic carboxylic acids is 1. The second kappa shape index (κ2) is 41.9. The summed E-state index contributed by atoms with van der Waals surface area (Å²) in [5, 5.41) is 8.90. The van der Waals surface area contributed by atoms with Gasteiger partial charge in [-0.15, -0.1) is 0 Å². The molecule has 0 fully saturated rings. The molecule has 342 valence electrons. The van der Waals surface area contributed by atoms with Gasteiger partial charge in [-0.25, -0.2) is 4.57 Å². The highest BCUT2D eigenvalue weighted by Gasteiger charge is 2.28. The van der Waals surface area contributed by atoms with Gasteiger partial charge in [-0.1, -0.05) is 193 Å². The van der Waals surface area contributed by atoms with Gasteiger partial charge < -0.3 is 25.2 Å². The highest BCUT2D eigenvalue weighted by atomic mass is 31.2. The Hall–Kier alpha value is -1.78. The third-order valence-electron chi connectivity index (χ3n) is 10.5. The Balaban J connectivity index is 4.25. The molecule has 0 bridgehead atoms. The summed E-state index contributed by atoms with van der Waals surface area (Å²) in [4.78, 5) is 46.0. The maximum atomic E-state index is 12.6. The summed E-state index contributed by atoms with van der Waals surface area (Å²) in [6.45, 7) is 2.82. The number of esters is 2. The predicted octanol–water partition coefficient (Wildman–Crippen LogP) is 12.8. The first-order valence-corrected chi connectivity index (χ1v) is 25.2. The molecule has 0 aliphatic rings. The van der Waals surface area contributed by atoms with E-state index in [2.05, 4.69) is 30.5 Å². The third kappa shape index (κ3) is 41.0. The largest absolute Gasteiger partial charge is 0.480 e. The zero-order valence-electron chi connectivity index (χ0n) is 37.2. The maximum Gasteiger partial charge on any atom is 0.472 e. The van der Waals surface area contributed by atoms with E-state index in [4.69, 9.17) is 24.8 Å². The lowest BCUT2D eigenvalue weighted by molar-refractivity contribution is -0.161. The van der Waals surface area contributed by atoms with E-state index in [-0.39, 0.29) is 19.4 Å². The molecule has 0 aromatic carbocycles. The number of phosphoric acid groups is 1. The molecule has 3 atom stereocenters. The topological polar surface area (TPSA) is 172 Å². The first-order valence-electron chi connectivity index (χ1n) is 23.7. The van der Waals surface area contributed by atoms with Crippen molar-refractivity contribution in [2.75, 3.05) is 19.8 Å². The lowest BCUT2D eigenvalue weighted by Crippen LogP contribution is -2.34. The second-order valence-corrected chi connectivity index (χ2v) is 17.7. The molecule has 0 saturated carbocycles. The monoisotopic (exact) mass is 846 g/mol. The zero-order valence-corrected chi connectivity index (χ0v) is 38.1.